The molecule has 24 heavy (non-hydrogen) atoms. The average molecular weight is 365 g/mol. The van der Waals surface area contributed by atoms with E-state index in [2.05, 4.69) is 5.32 Å². The third kappa shape index (κ3) is 5.47. The van der Waals surface area contributed by atoms with Crippen molar-refractivity contribution in [2.45, 2.75) is 12.7 Å². The predicted octanol–water partition coefficient (Wildman–Crippen LogP) is 2.99. The number of rotatable bonds is 6. The number of benzene rings is 1. The minimum atomic E-state index is -4.38. The minimum Gasteiger partial charge on any atom is -0.492 e. The lowest BCUT2D eigenvalue weighted by Gasteiger charge is -2.09. The van der Waals surface area contributed by atoms with Crippen LogP contribution in [0.25, 0.3) is 0 Å². The van der Waals surface area contributed by atoms with Crippen LogP contribution in [0.4, 0.5) is 13.2 Å². The second-order valence-electron chi connectivity index (χ2n) is 4.63. The number of alkyl halides is 3. The first-order valence-corrected chi connectivity index (χ1v) is 6.76. The summed E-state index contributed by atoms with van der Waals surface area (Å²) < 4.78 is 47.5. The molecule has 1 aromatic heterocycles. The standard InChI is InChI=1S/C15H15F3N2O3.ClH/c16-15(17,18)11-1-3-12(4-2-11)22-6-5-20-14(21)10-7-13(8-19)23-9-10;/h1-4,7,9H,5-6,8,19H2,(H,20,21);1H. The molecule has 0 bridgehead atoms. The van der Waals surface area contributed by atoms with Crippen LogP contribution in [0, 0.1) is 0 Å². The second kappa shape index (κ2) is 8.60. The van der Waals surface area contributed by atoms with Gasteiger partial charge in [-0.2, -0.15) is 13.2 Å². The van der Waals surface area contributed by atoms with E-state index in [0.29, 0.717) is 17.1 Å². The Hall–Kier alpha value is -2.19. The van der Waals surface area contributed by atoms with Crippen molar-refractivity contribution in [3.8, 4) is 5.75 Å². The molecule has 3 N–H and O–H groups in total. The van der Waals surface area contributed by atoms with Gasteiger partial charge in [0.15, 0.2) is 0 Å². The minimum absolute atomic E-state index is 0. The van der Waals surface area contributed by atoms with Crippen LogP contribution in [0.5, 0.6) is 5.75 Å². The zero-order valence-electron chi connectivity index (χ0n) is 12.4. The van der Waals surface area contributed by atoms with Gasteiger partial charge in [-0.1, -0.05) is 0 Å². The first-order valence-electron chi connectivity index (χ1n) is 6.76. The molecular weight excluding hydrogens is 349 g/mol. The second-order valence-corrected chi connectivity index (χ2v) is 4.63. The molecule has 1 heterocycles. The van der Waals surface area contributed by atoms with Gasteiger partial charge in [0.05, 0.1) is 24.2 Å². The SMILES string of the molecule is Cl.NCc1cc(C(=O)NCCOc2ccc(C(F)(F)F)cc2)co1. The van der Waals surface area contributed by atoms with Gasteiger partial charge in [-0.3, -0.25) is 4.79 Å². The van der Waals surface area contributed by atoms with Crippen molar-refractivity contribution in [1.29, 1.82) is 0 Å². The van der Waals surface area contributed by atoms with E-state index in [4.69, 9.17) is 14.9 Å². The van der Waals surface area contributed by atoms with Crippen molar-refractivity contribution in [1.82, 2.24) is 5.32 Å². The van der Waals surface area contributed by atoms with Crippen molar-refractivity contribution in [3.05, 3.63) is 53.5 Å². The van der Waals surface area contributed by atoms with Gasteiger partial charge >= 0.3 is 6.18 Å². The maximum absolute atomic E-state index is 12.4. The Morgan fingerprint density at radius 1 is 1.25 bits per heavy atom. The molecule has 1 aromatic carbocycles. The number of furan rings is 1. The monoisotopic (exact) mass is 364 g/mol. The highest BCUT2D eigenvalue weighted by atomic mass is 35.5. The largest absolute Gasteiger partial charge is 0.492 e. The van der Waals surface area contributed by atoms with E-state index < -0.39 is 11.7 Å². The molecule has 0 aliphatic carbocycles. The van der Waals surface area contributed by atoms with Gasteiger partial charge in [-0.25, -0.2) is 0 Å². The third-order valence-electron chi connectivity index (χ3n) is 2.96. The number of hydrogen-bond acceptors (Lipinski definition) is 4. The zero-order valence-corrected chi connectivity index (χ0v) is 13.2. The molecule has 0 atom stereocenters. The summed E-state index contributed by atoms with van der Waals surface area (Å²) in [6.45, 7) is 0.520. The van der Waals surface area contributed by atoms with E-state index in [1.54, 1.807) is 0 Å². The van der Waals surface area contributed by atoms with Crippen LogP contribution in [0.2, 0.25) is 0 Å². The number of carbonyl (C=O) groups excluding carboxylic acids is 1. The summed E-state index contributed by atoms with van der Waals surface area (Å²) in [7, 11) is 0. The molecule has 5 nitrogen and oxygen atoms in total. The molecule has 0 aliphatic rings. The lowest BCUT2D eigenvalue weighted by molar-refractivity contribution is -0.137. The molecule has 0 saturated heterocycles. The number of ether oxygens (including phenoxy) is 1. The fraction of sp³-hybridized carbons (Fsp3) is 0.267. The summed E-state index contributed by atoms with van der Waals surface area (Å²) >= 11 is 0. The van der Waals surface area contributed by atoms with Gasteiger partial charge in [-0.05, 0) is 30.3 Å². The zero-order chi connectivity index (χ0) is 16.9. The number of amides is 1. The Morgan fingerprint density at radius 3 is 2.46 bits per heavy atom. The topological polar surface area (TPSA) is 77.5 Å². The summed E-state index contributed by atoms with van der Waals surface area (Å²) in [6.07, 6.45) is -3.08. The van der Waals surface area contributed by atoms with E-state index in [9.17, 15) is 18.0 Å². The summed E-state index contributed by atoms with van der Waals surface area (Å²) in [5.74, 6) is 0.446. The van der Waals surface area contributed by atoms with E-state index in [1.807, 2.05) is 0 Å². The Kier molecular flexibility index (Phi) is 7.12. The van der Waals surface area contributed by atoms with Crippen LogP contribution in [0.3, 0.4) is 0 Å². The van der Waals surface area contributed by atoms with Crippen LogP contribution in [0.15, 0.2) is 41.0 Å². The Balaban J connectivity index is 0.00000288. The van der Waals surface area contributed by atoms with Crippen LogP contribution in [-0.4, -0.2) is 19.1 Å². The van der Waals surface area contributed by atoms with Crippen molar-refractivity contribution in [2.24, 2.45) is 5.73 Å². The maximum Gasteiger partial charge on any atom is 0.416 e. The molecule has 2 aromatic rings. The van der Waals surface area contributed by atoms with Crippen LogP contribution < -0.4 is 15.8 Å². The number of hydrogen-bond donors (Lipinski definition) is 2. The van der Waals surface area contributed by atoms with Gasteiger partial charge in [-0.15, -0.1) is 12.4 Å². The molecule has 2 rings (SSSR count). The van der Waals surface area contributed by atoms with E-state index in [1.165, 1.54) is 24.5 Å². The number of halogens is 4. The first kappa shape index (κ1) is 19.9. The van der Waals surface area contributed by atoms with Gasteiger partial charge in [0.1, 0.15) is 24.4 Å². The third-order valence-corrected chi connectivity index (χ3v) is 2.96. The number of nitrogens with two attached hydrogens (primary N) is 1. The number of carbonyl (C=O) groups is 1. The first-order chi connectivity index (χ1) is 10.9. The van der Waals surface area contributed by atoms with Crippen LogP contribution >= 0.6 is 12.4 Å². The Labute approximate surface area is 142 Å². The summed E-state index contributed by atoms with van der Waals surface area (Å²) in [6, 6.07) is 5.87. The Morgan fingerprint density at radius 2 is 1.92 bits per heavy atom. The van der Waals surface area contributed by atoms with E-state index in [-0.39, 0.29) is 38.0 Å². The predicted molar refractivity (Wildman–Crippen MR) is 83.1 cm³/mol. The molecular formula is C15H16ClF3N2O3. The van der Waals surface area contributed by atoms with Gasteiger partial charge < -0.3 is 20.2 Å². The molecule has 0 aliphatic heterocycles. The van der Waals surface area contributed by atoms with Crippen LogP contribution in [0.1, 0.15) is 21.7 Å². The smallest absolute Gasteiger partial charge is 0.416 e. The molecule has 0 saturated carbocycles. The number of nitrogens with one attached hydrogen (secondary N) is 1. The van der Waals surface area contributed by atoms with Crippen molar-refractivity contribution in [3.63, 3.8) is 0 Å². The fourth-order valence-corrected chi connectivity index (χ4v) is 1.78. The Bertz CT molecular complexity index is 657. The van der Waals surface area contributed by atoms with E-state index in [0.717, 1.165) is 12.1 Å². The lowest BCUT2D eigenvalue weighted by atomic mass is 10.2. The highest BCUT2D eigenvalue weighted by Crippen LogP contribution is 2.30. The normalized spacial score (nSPS) is 10.8. The maximum atomic E-state index is 12.4. The highest BCUT2D eigenvalue weighted by molar-refractivity contribution is 5.93. The fourth-order valence-electron chi connectivity index (χ4n) is 1.78. The van der Waals surface area contributed by atoms with Gasteiger partial charge in [0, 0.05) is 0 Å². The summed E-state index contributed by atoms with van der Waals surface area (Å²) in [5, 5.41) is 2.60. The average Bonchev–Trinajstić information content (AvgIpc) is 3.00. The van der Waals surface area contributed by atoms with Crippen molar-refractivity contribution in [2.75, 3.05) is 13.2 Å². The lowest BCUT2D eigenvalue weighted by Crippen LogP contribution is -2.27. The summed E-state index contributed by atoms with van der Waals surface area (Å²) in [5.41, 5.74) is 4.98. The molecule has 9 heteroatoms. The summed E-state index contributed by atoms with van der Waals surface area (Å²) in [4.78, 5) is 11.7. The molecule has 1 amide bonds. The van der Waals surface area contributed by atoms with Gasteiger partial charge in [0.25, 0.3) is 5.91 Å². The highest BCUT2D eigenvalue weighted by Gasteiger charge is 2.29. The molecule has 0 unspecified atom stereocenters. The van der Waals surface area contributed by atoms with Crippen LogP contribution in [-0.2, 0) is 12.7 Å². The molecule has 0 spiro atoms. The molecule has 0 radical (unpaired) electrons. The van der Waals surface area contributed by atoms with Gasteiger partial charge in [0.2, 0.25) is 0 Å². The van der Waals surface area contributed by atoms with Crippen molar-refractivity contribution >= 4 is 18.3 Å². The molecule has 0 fully saturated rings. The van der Waals surface area contributed by atoms with Crippen molar-refractivity contribution < 1.29 is 27.1 Å². The molecule has 132 valence electrons. The quantitative estimate of drug-likeness (QED) is 0.772. The van der Waals surface area contributed by atoms with E-state index >= 15 is 0 Å².